The van der Waals surface area contributed by atoms with E-state index in [4.69, 9.17) is 0 Å². The predicted molar refractivity (Wildman–Crippen MR) is 43.4 cm³/mol. The molecule has 0 spiro atoms. The molecule has 0 amide bonds. The number of hydrogen-bond donors (Lipinski definition) is 0. The van der Waals surface area contributed by atoms with Gasteiger partial charge in [0.1, 0.15) is 0 Å². The van der Waals surface area contributed by atoms with Gasteiger partial charge in [-0.05, 0) is 20.3 Å². The van der Waals surface area contributed by atoms with E-state index in [1.54, 1.807) is 0 Å². The van der Waals surface area contributed by atoms with Crippen LogP contribution >= 0.6 is 0 Å². The van der Waals surface area contributed by atoms with Crippen LogP contribution < -0.4 is 0 Å². The maximum atomic E-state index is 3.78. The first-order chi connectivity index (χ1) is 4.27. The van der Waals surface area contributed by atoms with Crippen molar-refractivity contribution < 1.29 is 0 Å². The Morgan fingerprint density at radius 2 is 2.11 bits per heavy atom. The predicted octanol–water partition coefficient (Wildman–Crippen LogP) is 3.08. The molecular formula is C9H14. The van der Waals surface area contributed by atoms with Gasteiger partial charge in [-0.1, -0.05) is 36.5 Å². The third-order valence-corrected chi connectivity index (χ3v) is 0.906. The Bertz CT molecular complexity index is 127. The zero-order valence-corrected chi connectivity index (χ0v) is 6.22. The van der Waals surface area contributed by atoms with Crippen molar-refractivity contribution in [3.63, 3.8) is 0 Å². The van der Waals surface area contributed by atoms with Crippen LogP contribution in [-0.4, -0.2) is 0 Å². The third kappa shape index (κ3) is 7.22. The number of allylic oxidation sites excluding steroid dienone is 5. The molecule has 0 bridgehead atoms. The first-order valence-corrected chi connectivity index (χ1v) is 3.19. The quantitative estimate of drug-likeness (QED) is 0.398. The molecule has 0 heterocycles. The van der Waals surface area contributed by atoms with Gasteiger partial charge in [-0.15, -0.1) is 0 Å². The van der Waals surface area contributed by atoms with Crippen LogP contribution in [0.15, 0.2) is 36.5 Å². The fourth-order valence-corrected chi connectivity index (χ4v) is 0.459. The van der Waals surface area contributed by atoms with E-state index in [-0.39, 0.29) is 0 Å². The molecule has 0 unspecified atom stereocenters. The first kappa shape index (κ1) is 8.22. The van der Waals surface area contributed by atoms with E-state index in [9.17, 15) is 0 Å². The highest BCUT2D eigenvalue weighted by molar-refractivity contribution is 5.06. The van der Waals surface area contributed by atoms with Gasteiger partial charge in [-0.3, -0.25) is 0 Å². The van der Waals surface area contributed by atoms with E-state index in [1.165, 1.54) is 5.57 Å². The second-order valence-corrected chi connectivity index (χ2v) is 2.12. The Morgan fingerprint density at radius 3 is 2.56 bits per heavy atom. The molecule has 0 radical (unpaired) electrons. The Hall–Kier alpha value is -0.780. The normalized spacial score (nSPS) is 11.3. The molecule has 0 nitrogen and oxygen atoms in total. The second kappa shape index (κ2) is 5.36. The summed E-state index contributed by atoms with van der Waals surface area (Å²) in [7, 11) is 0. The number of hydrogen-bond acceptors (Lipinski definition) is 0. The zero-order chi connectivity index (χ0) is 7.11. The molecular weight excluding hydrogens is 108 g/mol. The molecule has 9 heavy (non-hydrogen) atoms. The molecule has 0 rings (SSSR count). The van der Waals surface area contributed by atoms with Crippen molar-refractivity contribution in [2.24, 2.45) is 0 Å². The molecule has 0 aliphatic carbocycles. The van der Waals surface area contributed by atoms with Gasteiger partial charge >= 0.3 is 0 Å². The lowest BCUT2D eigenvalue weighted by atomic mass is 10.2. The molecule has 0 atom stereocenters. The molecule has 0 N–H and O–H groups in total. The second-order valence-electron chi connectivity index (χ2n) is 2.12. The van der Waals surface area contributed by atoms with Crippen molar-refractivity contribution in [3.05, 3.63) is 36.5 Å². The van der Waals surface area contributed by atoms with Crippen LogP contribution in [0.3, 0.4) is 0 Å². The molecule has 0 aromatic rings. The van der Waals surface area contributed by atoms with Crippen LogP contribution in [0.5, 0.6) is 0 Å². The third-order valence-electron chi connectivity index (χ3n) is 0.906. The smallest absolute Gasteiger partial charge is 0.0141 e. The van der Waals surface area contributed by atoms with E-state index in [1.807, 2.05) is 32.1 Å². The summed E-state index contributed by atoms with van der Waals surface area (Å²) >= 11 is 0. The average Bonchev–Trinajstić information content (AvgIpc) is 1.80. The highest BCUT2D eigenvalue weighted by Gasteiger charge is 1.74. The van der Waals surface area contributed by atoms with Gasteiger partial charge < -0.3 is 0 Å². The lowest BCUT2D eigenvalue weighted by Crippen LogP contribution is -1.64. The van der Waals surface area contributed by atoms with E-state index >= 15 is 0 Å². The van der Waals surface area contributed by atoms with Crippen LogP contribution in [-0.2, 0) is 0 Å². The van der Waals surface area contributed by atoms with Crippen molar-refractivity contribution >= 4 is 0 Å². The Morgan fingerprint density at radius 1 is 1.44 bits per heavy atom. The molecule has 0 heteroatoms. The topological polar surface area (TPSA) is 0 Å². The van der Waals surface area contributed by atoms with E-state index in [2.05, 4.69) is 12.7 Å². The summed E-state index contributed by atoms with van der Waals surface area (Å²) in [6, 6.07) is 0. The van der Waals surface area contributed by atoms with Crippen molar-refractivity contribution in [2.45, 2.75) is 20.3 Å². The van der Waals surface area contributed by atoms with Crippen LogP contribution in [0.25, 0.3) is 0 Å². The standard InChI is InChI=1S/C9H14/c1-4-5-6-7-8-9(2)3/h4-7H,2,8H2,1,3H3/b5-4-,7-6?. The monoisotopic (exact) mass is 122 g/mol. The van der Waals surface area contributed by atoms with E-state index in [0.717, 1.165) is 6.42 Å². The number of rotatable bonds is 3. The zero-order valence-electron chi connectivity index (χ0n) is 6.22. The minimum Gasteiger partial charge on any atom is -0.0998 e. The van der Waals surface area contributed by atoms with Crippen LogP contribution in [0.1, 0.15) is 20.3 Å². The SMILES string of the molecule is C=C(C)CC=C/C=C\C. The summed E-state index contributed by atoms with van der Waals surface area (Å²) < 4.78 is 0. The van der Waals surface area contributed by atoms with Gasteiger partial charge in [0.15, 0.2) is 0 Å². The lowest BCUT2D eigenvalue weighted by Gasteiger charge is -1.85. The lowest BCUT2D eigenvalue weighted by molar-refractivity contribution is 1.23. The maximum absolute atomic E-state index is 3.78. The molecule has 0 saturated carbocycles. The summed E-state index contributed by atoms with van der Waals surface area (Å²) in [6.45, 7) is 7.81. The van der Waals surface area contributed by atoms with Gasteiger partial charge in [-0.25, -0.2) is 0 Å². The van der Waals surface area contributed by atoms with Crippen molar-refractivity contribution in [1.82, 2.24) is 0 Å². The molecule has 0 saturated heterocycles. The Balaban J connectivity index is 3.36. The first-order valence-electron chi connectivity index (χ1n) is 3.19. The van der Waals surface area contributed by atoms with Crippen molar-refractivity contribution in [1.29, 1.82) is 0 Å². The minimum absolute atomic E-state index is 0.990. The van der Waals surface area contributed by atoms with E-state index in [0.29, 0.717) is 0 Å². The van der Waals surface area contributed by atoms with Gasteiger partial charge in [0, 0.05) is 0 Å². The molecule has 50 valence electrons. The van der Waals surface area contributed by atoms with Gasteiger partial charge in [-0.2, -0.15) is 0 Å². The van der Waals surface area contributed by atoms with Crippen LogP contribution in [0.4, 0.5) is 0 Å². The molecule has 0 aromatic carbocycles. The summed E-state index contributed by atoms with van der Waals surface area (Å²) in [5.74, 6) is 0. The summed E-state index contributed by atoms with van der Waals surface area (Å²) in [4.78, 5) is 0. The van der Waals surface area contributed by atoms with Gasteiger partial charge in [0.05, 0.1) is 0 Å². The van der Waals surface area contributed by atoms with Crippen LogP contribution in [0, 0.1) is 0 Å². The summed E-state index contributed by atoms with van der Waals surface area (Å²) in [6.07, 6.45) is 9.15. The molecule has 0 aliphatic heterocycles. The van der Waals surface area contributed by atoms with E-state index < -0.39 is 0 Å². The Labute approximate surface area is 57.6 Å². The Kier molecular flexibility index (Phi) is 4.89. The highest BCUT2D eigenvalue weighted by Crippen LogP contribution is 1.95. The summed E-state index contributed by atoms with van der Waals surface area (Å²) in [5, 5.41) is 0. The van der Waals surface area contributed by atoms with Crippen molar-refractivity contribution in [3.8, 4) is 0 Å². The molecule has 0 aromatic heterocycles. The van der Waals surface area contributed by atoms with Gasteiger partial charge in [0.2, 0.25) is 0 Å². The summed E-state index contributed by atoms with van der Waals surface area (Å²) in [5.41, 5.74) is 1.20. The van der Waals surface area contributed by atoms with Crippen LogP contribution in [0.2, 0.25) is 0 Å². The largest absolute Gasteiger partial charge is 0.0998 e. The fourth-order valence-electron chi connectivity index (χ4n) is 0.459. The van der Waals surface area contributed by atoms with Gasteiger partial charge in [0.25, 0.3) is 0 Å². The molecule has 0 fully saturated rings. The average molecular weight is 122 g/mol. The molecule has 0 aliphatic rings. The maximum Gasteiger partial charge on any atom is -0.0141 e. The fraction of sp³-hybridized carbons (Fsp3) is 0.333. The highest BCUT2D eigenvalue weighted by atomic mass is 13.8. The minimum atomic E-state index is 0.990. The van der Waals surface area contributed by atoms with Crippen molar-refractivity contribution in [2.75, 3.05) is 0 Å².